The summed E-state index contributed by atoms with van der Waals surface area (Å²) in [6, 6.07) is 17.4. The Morgan fingerprint density at radius 1 is 0.967 bits per heavy atom. The fraction of sp³-hybridized carbons (Fsp3) is 0.375. The number of benzene rings is 2. The number of amides is 1. The Morgan fingerprint density at radius 3 is 2.27 bits per heavy atom. The predicted molar refractivity (Wildman–Crippen MR) is 112 cm³/mol. The molecule has 1 saturated carbocycles. The second kappa shape index (κ2) is 10.6. The lowest BCUT2D eigenvalue weighted by atomic mass is 9.81. The Hall–Kier alpha value is -3.15. The van der Waals surface area contributed by atoms with Crippen molar-refractivity contribution in [3.8, 4) is 0 Å². The van der Waals surface area contributed by atoms with E-state index in [0.717, 1.165) is 31.2 Å². The molecule has 2 aromatic carbocycles. The van der Waals surface area contributed by atoms with E-state index in [9.17, 15) is 14.4 Å². The molecule has 1 aliphatic carbocycles. The molecule has 6 nitrogen and oxygen atoms in total. The number of methoxy groups -OCH3 is 1. The van der Waals surface area contributed by atoms with Crippen LogP contribution in [0.1, 0.15) is 53.9 Å². The van der Waals surface area contributed by atoms with Crippen LogP contribution >= 0.6 is 0 Å². The maximum Gasteiger partial charge on any atom is 0.328 e. The molecule has 3 atom stereocenters. The van der Waals surface area contributed by atoms with E-state index in [1.54, 1.807) is 30.3 Å². The number of hydrogen-bond donors (Lipinski definition) is 1. The van der Waals surface area contributed by atoms with Gasteiger partial charge in [-0.2, -0.15) is 0 Å². The number of ether oxygens (including phenoxy) is 2. The predicted octanol–water partition coefficient (Wildman–Crippen LogP) is 3.62. The molecule has 1 aliphatic rings. The van der Waals surface area contributed by atoms with Crippen molar-refractivity contribution in [2.75, 3.05) is 7.11 Å². The molecule has 30 heavy (non-hydrogen) atoms. The third kappa shape index (κ3) is 5.69. The van der Waals surface area contributed by atoms with E-state index in [2.05, 4.69) is 5.32 Å². The first-order valence-corrected chi connectivity index (χ1v) is 10.3. The minimum absolute atomic E-state index is 0.138. The molecule has 1 fully saturated rings. The molecular formula is C24H27NO5. The largest absolute Gasteiger partial charge is 0.467 e. The van der Waals surface area contributed by atoms with E-state index in [4.69, 9.17) is 9.47 Å². The molecule has 1 unspecified atom stereocenters. The van der Waals surface area contributed by atoms with Gasteiger partial charge in [-0.25, -0.2) is 4.79 Å². The average molecular weight is 409 g/mol. The molecule has 158 valence electrons. The number of hydrogen-bond acceptors (Lipinski definition) is 5. The van der Waals surface area contributed by atoms with Crippen LogP contribution in [0.5, 0.6) is 0 Å². The molecule has 0 aromatic heterocycles. The van der Waals surface area contributed by atoms with Gasteiger partial charge in [-0.1, -0.05) is 55.0 Å². The highest BCUT2D eigenvalue weighted by Crippen LogP contribution is 2.35. The van der Waals surface area contributed by atoms with Crippen LogP contribution in [-0.4, -0.2) is 37.1 Å². The number of nitrogens with one attached hydrogen (secondary N) is 1. The number of carbonyl (C=O) groups excluding carboxylic acids is 3. The Morgan fingerprint density at radius 2 is 1.60 bits per heavy atom. The number of carbonyl (C=O) groups is 3. The molecule has 0 spiro atoms. The maximum absolute atomic E-state index is 12.7. The zero-order valence-electron chi connectivity index (χ0n) is 17.1. The molecule has 0 radical (unpaired) electrons. The van der Waals surface area contributed by atoms with Gasteiger partial charge in [0.2, 0.25) is 0 Å². The third-order valence-corrected chi connectivity index (χ3v) is 5.41. The van der Waals surface area contributed by atoms with Crippen LogP contribution in [0.2, 0.25) is 0 Å². The highest BCUT2D eigenvalue weighted by Gasteiger charge is 2.32. The summed E-state index contributed by atoms with van der Waals surface area (Å²) in [5, 5.41) is 2.58. The van der Waals surface area contributed by atoms with Gasteiger partial charge in [0, 0.05) is 11.5 Å². The molecule has 1 amide bonds. The zero-order valence-corrected chi connectivity index (χ0v) is 17.1. The highest BCUT2D eigenvalue weighted by atomic mass is 16.5. The number of rotatable bonds is 7. The van der Waals surface area contributed by atoms with Crippen LogP contribution in [-0.2, 0) is 19.1 Å². The second-order valence-electron chi connectivity index (χ2n) is 7.45. The fourth-order valence-electron chi connectivity index (χ4n) is 3.87. The highest BCUT2D eigenvalue weighted by molar-refractivity contribution is 5.97. The lowest BCUT2D eigenvalue weighted by Crippen LogP contribution is -2.43. The first kappa shape index (κ1) is 21.6. The van der Waals surface area contributed by atoms with Gasteiger partial charge in [0.15, 0.2) is 0 Å². The summed E-state index contributed by atoms with van der Waals surface area (Å²) in [7, 11) is 1.22. The molecule has 0 aliphatic heterocycles. The second-order valence-corrected chi connectivity index (χ2v) is 7.45. The Bertz CT molecular complexity index is 852. The van der Waals surface area contributed by atoms with E-state index >= 15 is 0 Å². The number of esters is 2. The van der Waals surface area contributed by atoms with E-state index in [-0.39, 0.29) is 18.4 Å². The summed E-state index contributed by atoms with van der Waals surface area (Å²) >= 11 is 0. The molecule has 0 saturated heterocycles. The van der Waals surface area contributed by atoms with Gasteiger partial charge in [0.25, 0.3) is 5.91 Å². The van der Waals surface area contributed by atoms with Gasteiger partial charge in [0.1, 0.15) is 12.1 Å². The lowest BCUT2D eigenvalue weighted by Gasteiger charge is -2.32. The standard InChI is InChI=1S/C24H27NO5/c1-29-24(28)20(25-23(27)18-12-6-3-7-13-18)16-22(26)30-21-15-9-8-14-19(21)17-10-4-2-5-11-17/h2-7,10-13,19-21H,8-9,14-16H2,1H3,(H,25,27)/t19-,20?,21+/m1/s1. The van der Waals surface area contributed by atoms with Crippen LogP contribution in [0, 0.1) is 0 Å². The first-order chi connectivity index (χ1) is 14.6. The quantitative estimate of drug-likeness (QED) is 0.707. The maximum atomic E-state index is 12.7. The van der Waals surface area contributed by atoms with Crippen molar-refractivity contribution in [2.45, 2.75) is 50.2 Å². The van der Waals surface area contributed by atoms with Crippen molar-refractivity contribution < 1.29 is 23.9 Å². The average Bonchev–Trinajstić information content (AvgIpc) is 2.79. The Kier molecular flexibility index (Phi) is 7.60. The van der Waals surface area contributed by atoms with Gasteiger partial charge < -0.3 is 14.8 Å². The third-order valence-electron chi connectivity index (χ3n) is 5.41. The summed E-state index contributed by atoms with van der Waals surface area (Å²) < 4.78 is 10.5. The molecule has 0 heterocycles. The van der Waals surface area contributed by atoms with E-state index in [1.165, 1.54) is 7.11 Å². The molecule has 6 heteroatoms. The van der Waals surface area contributed by atoms with Gasteiger partial charge in [0.05, 0.1) is 13.5 Å². The van der Waals surface area contributed by atoms with Gasteiger partial charge in [-0.05, 0) is 37.0 Å². The first-order valence-electron chi connectivity index (χ1n) is 10.3. The Balaban J connectivity index is 1.64. The van der Waals surface area contributed by atoms with Crippen LogP contribution in [0.25, 0.3) is 0 Å². The van der Waals surface area contributed by atoms with Gasteiger partial charge in [-0.3, -0.25) is 9.59 Å². The summed E-state index contributed by atoms with van der Waals surface area (Å²) in [5.74, 6) is -1.51. The van der Waals surface area contributed by atoms with Crippen molar-refractivity contribution in [2.24, 2.45) is 0 Å². The minimum Gasteiger partial charge on any atom is -0.467 e. The molecule has 0 bridgehead atoms. The lowest BCUT2D eigenvalue weighted by molar-refractivity contribution is -0.156. The van der Waals surface area contributed by atoms with Gasteiger partial charge >= 0.3 is 11.9 Å². The minimum atomic E-state index is -1.10. The zero-order chi connectivity index (χ0) is 21.3. The summed E-state index contributed by atoms with van der Waals surface area (Å²) in [6.07, 6.45) is 3.30. The fourth-order valence-corrected chi connectivity index (χ4v) is 3.87. The monoisotopic (exact) mass is 409 g/mol. The summed E-state index contributed by atoms with van der Waals surface area (Å²) in [6.45, 7) is 0. The van der Waals surface area contributed by atoms with E-state index in [1.807, 2.05) is 30.3 Å². The van der Waals surface area contributed by atoms with E-state index in [0.29, 0.717) is 5.56 Å². The van der Waals surface area contributed by atoms with Crippen LogP contribution in [0.4, 0.5) is 0 Å². The molecule has 2 aromatic rings. The smallest absolute Gasteiger partial charge is 0.328 e. The van der Waals surface area contributed by atoms with Gasteiger partial charge in [-0.15, -0.1) is 0 Å². The van der Waals surface area contributed by atoms with Crippen LogP contribution in [0.15, 0.2) is 60.7 Å². The Labute approximate surface area is 176 Å². The van der Waals surface area contributed by atoms with E-state index < -0.39 is 23.9 Å². The van der Waals surface area contributed by atoms with Crippen molar-refractivity contribution in [3.63, 3.8) is 0 Å². The SMILES string of the molecule is COC(=O)C(CC(=O)O[C@H]1CCCC[C@@H]1c1ccccc1)NC(=O)c1ccccc1. The topological polar surface area (TPSA) is 81.7 Å². The summed E-state index contributed by atoms with van der Waals surface area (Å²) in [4.78, 5) is 37.2. The van der Waals surface area contributed by atoms with Crippen molar-refractivity contribution >= 4 is 17.8 Å². The van der Waals surface area contributed by atoms with Crippen molar-refractivity contribution in [1.29, 1.82) is 0 Å². The van der Waals surface area contributed by atoms with Crippen molar-refractivity contribution in [3.05, 3.63) is 71.8 Å². The molecule has 3 rings (SSSR count). The molecular weight excluding hydrogens is 382 g/mol. The van der Waals surface area contributed by atoms with Crippen LogP contribution in [0.3, 0.4) is 0 Å². The van der Waals surface area contributed by atoms with Crippen molar-refractivity contribution in [1.82, 2.24) is 5.32 Å². The van der Waals surface area contributed by atoms with Crippen LogP contribution < -0.4 is 5.32 Å². The molecule has 1 N–H and O–H groups in total. The normalized spacial score (nSPS) is 19.4. The summed E-state index contributed by atoms with van der Waals surface area (Å²) in [5.41, 5.74) is 1.55.